The fourth-order valence-corrected chi connectivity index (χ4v) is 4.86. The van der Waals surface area contributed by atoms with Gasteiger partial charge in [0.2, 0.25) is 5.91 Å². The molecule has 27 heavy (non-hydrogen) atoms. The molecule has 0 N–H and O–H groups in total. The maximum atomic E-state index is 12.8. The second-order valence-electron chi connectivity index (χ2n) is 7.02. The second-order valence-corrected chi connectivity index (χ2v) is 8.09. The lowest BCUT2D eigenvalue weighted by Crippen LogP contribution is -2.44. The van der Waals surface area contributed by atoms with E-state index in [0.717, 1.165) is 43.7 Å². The summed E-state index contributed by atoms with van der Waals surface area (Å²) in [7, 11) is 0. The van der Waals surface area contributed by atoms with E-state index in [4.69, 9.17) is 4.98 Å². The average Bonchev–Trinajstić information content (AvgIpc) is 3.17. The van der Waals surface area contributed by atoms with Crippen molar-refractivity contribution in [3.63, 3.8) is 0 Å². The third-order valence-corrected chi connectivity index (χ3v) is 6.54. The van der Waals surface area contributed by atoms with Crippen molar-refractivity contribution in [1.29, 1.82) is 0 Å². The number of hydrogen-bond donors (Lipinski definition) is 0. The van der Waals surface area contributed by atoms with Gasteiger partial charge in [0.05, 0.1) is 21.8 Å². The molecule has 0 aliphatic carbocycles. The molecule has 0 saturated carbocycles. The molecule has 0 radical (unpaired) electrons. The number of amides is 1. The molecule has 0 bridgehead atoms. The van der Waals surface area contributed by atoms with Crippen molar-refractivity contribution in [1.82, 2.24) is 9.88 Å². The third-order valence-electron chi connectivity index (χ3n) is 5.34. The third kappa shape index (κ3) is 3.98. The predicted octanol–water partition coefficient (Wildman–Crippen LogP) is 4.53. The highest BCUT2D eigenvalue weighted by Gasteiger charge is 2.26. The van der Waals surface area contributed by atoms with Gasteiger partial charge >= 0.3 is 0 Å². The van der Waals surface area contributed by atoms with Crippen LogP contribution in [0.15, 0.2) is 54.6 Å². The summed E-state index contributed by atoms with van der Waals surface area (Å²) >= 11 is 1.80. The molecule has 4 rings (SSSR count). The van der Waals surface area contributed by atoms with Crippen LogP contribution in [0.25, 0.3) is 10.2 Å². The van der Waals surface area contributed by atoms with Crippen molar-refractivity contribution in [3.05, 3.63) is 59.6 Å². The largest absolute Gasteiger partial charge is 0.362 e. The molecular formula is C22H25N3OS. The minimum absolute atomic E-state index is 0.225. The summed E-state index contributed by atoms with van der Waals surface area (Å²) < 4.78 is 1.26. The molecule has 4 nitrogen and oxygen atoms in total. The van der Waals surface area contributed by atoms with E-state index >= 15 is 0 Å². The van der Waals surface area contributed by atoms with Gasteiger partial charge in [-0.2, -0.15) is 0 Å². The molecule has 140 valence electrons. The fourth-order valence-electron chi connectivity index (χ4n) is 3.73. The lowest BCUT2D eigenvalue weighted by atomic mass is 9.97. The molecule has 2 heterocycles. The van der Waals surface area contributed by atoms with E-state index in [2.05, 4.69) is 42.2 Å². The first-order chi connectivity index (χ1) is 13.2. The number of likely N-dealkylation sites (tertiary alicyclic amines) is 1. The van der Waals surface area contributed by atoms with E-state index in [0.29, 0.717) is 12.5 Å². The number of hydrogen-bond acceptors (Lipinski definition) is 4. The zero-order valence-corrected chi connectivity index (χ0v) is 16.5. The zero-order chi connectivity index (χ0) is 18.6. The Morgan fingerprint density at radius 1 is 1.11 bits per heavy atom. The smallest absolute Gasteiger partial charge is 0.242 e. The molecular weight excluding hydrogens is 354 g/mol. The number of likely N-dealkylation sites (N-methyl/N-ethyl adjacent to an activating group) is 1. The highest BCUT2D eigenvalue weighted by Crippen LogP contribution is 2.33. The minimum atomic E-state index is 0.225. The molecule has 1 fully saturated rings. The van der Waals surface area contributed by atoms with Crippen LogP contribution in [-0.2, 0) is 4.79 Å². The molecule has 1 aliphatic heterocycles. The second kappa shape index (κ2) is 8.09. The molecule has 0 atom stereocenters. The Morgan fingerprint density at radius 3 is 2.52 bits per heavy atom. The molecule has 3 aromatic rings. The number of anilines is 1. The van der Waals surface area contributed by atoms with Gasteiger partial charge in [-0.15, -0.1) is 11.3 Å². The molecule has 0 spiro atoms. The molecule has 1 saturated heterocycles. The van der Waals surface area contributed by atoms with Crippen LogP contribution in [0.2, 0.25) is 0 Å². The Labute approximate surface area is 164 Å². The number of thiazole rings is 1. The van der Waals surface area contributed by atoms with Crippen molar-refractivity contribution in [3.8, 4) is 0 Å². The van der Waals surface area contributed by atoms with Crippen LogP contribution in [0.3, 0.4) is 0 Å². The van der Waals surface area contributed by atoms with E-state index in [1.807, 2.05) is 29.2 Å². The zero-order valence-electron chi connectivity index (χ0n) is 15.7. The summed E-state index contributed by atoms with van der Waals surface area (Å²) in [4.78, 5) is 21.8. The van der Waals surface area contributed by atoms with Crippen LogP contribution in [0, 0.1) is 0 Å². The van der Waals surface area contributed by atoms with Gasteiger partial charge in [0.25, 0.3) is 0 Å². The summed E-state index contributed by atoms with van der Waals surface area (Å²) in [6.45, 7) is 5.03. The molecule has 0 unspecified atom stereocenters. The number of benzene rings is 2. The van der Waals surface area contributed by atoms with Gasteiger partial charge in [-0.1, -0.05) is 30.3 Å². The van der Waals surface area contributed by atoms with E-state index in [1.165, 1.54) is 9.71 Å². The molecule has 1 aliphatic rings. The normalized spacial score (nSPS) is 15.2. The number of piperidine rings is 1. The first-order valence-corrected chi connectivity index (χ1v) is 10.5. The summed E-state index contributed by atoms with van der Waals surface area (Å²) in [5, 5.41) is 1.22. The summed E-state index contributed by atoms with van der Waals surface area (Å²) in [6.07, 6.45) is 2.01. The standard InChI is InChI=1S/C22H25N3OS/c1-2-24(18-8-4-3-5-9-18)16-21(26)25-14-12-17(13-15-25)22-23-19-10-6-7-11-20(19)27-22/h3-11,17H,2,12-16H2,1H3. The van der Waals surface area contributed by atoms with Crippen molar-refractivity contribution >= 4 is 33.1 Å². The quantitative estimate of drug-likeness (QED) is 0.653. The van der Waals surface area contributed by atoms with Crippen LogP contribution < -0.4 is 4.90 Å². The highest BCUT2D eigenvalue weighted by atomic mass is 32.1. The Kier molecular flexibility index (Phi) is 5.39. The number of carbonyl (C=O) groups excluding carboxylic acids is 1. The molecule has 2 aromatic carbocycles. The Bertz CT molecular complexity index is 867. The first-order valence-electron chi connectivity index (χ1n) is 9.68. The summed E-state index contributed by atoms with van der Waals surface area (Å²) in [6, 6.07) is 18.5. The minimum Gasteiger partial charge on any atom is -0.362 e. The Balaban J connectivity index is 1.36. The van der Waals surface area contributed by atoms with Crippen LogP contribution in [0.4, 0.5) is 5.69 Å². The number of fused-ring (bicyclic) bond motifs is 1. The molecule has 1 amide bonds. The molecule has 5 heteroatoms. The van der Waals surface area contributed by atoms with Crippen molar-refractivity contribution in [2.75, 3.05) is 31.1 Å². The van der Waals surface area contributed by atoms with Gasteiger partial charge in [-0.25, -0.2) is 4.98 Å². The van der Waals surface area contributed by atoms with Crippen LogP contribution in [0.5, 0.6) is 0 Å². The van der Waals surface area contributed by atoms with Crippen molar-refractivity contribution in [2.24, 2.45) is 0 Å². The number of aromatic nitrogens is 1. The number of nitrogens with zero attached hydrogens (tertiary/aromatic N) is 3. The number of rotatable bonds is 5. The summed E-state index contributed by atoms with van der Waals surface area (Å²) in [5.41, 5.74) is 2.20. The maximum absolute atomic E-state index is 12.8. The molecule has 1 aromatic heterocycles. The van der Waals surface area contributed by atoms with E-state index in [9.17, 15) is 4.79 Å². The van der Waals surface area contributed by atoms with Gasteiger partial charge in [-0.3, -0.25) is 4.79 Å². The highest BCUT2D eigenvalue weighted by molar-refractivity contribution is 7.18. The van der Waals surface area contributed by atoms with Gasteiger partial charge in [0.1, 0.15) is 0 Å². The topological polar surface area (TPSA) is 36.4 Å². The average molecular weight is 380 g/mol. The summed E-state index contributed by atoms with van der Waals surface area (Å²) in [5.74, 6) is 0.700. The predicted molar refractivity (Wildman–Crippen MR) is 113 cm³/mol. The lowest BCUT2D eigenvalue weighted by molar-refractivity contribution is -0.130. The van der Waals surface area contributed by atoms with Gasteiger partial charge in [-0.05, 0) is 44.0 Å². The van der Waals surface area contributed by atoms with Gasteiger partial charge in [0.15, 0.2) is 0 Å². The van der Waals surface area contributed by atoms with Crippen LogP contribution in [-0.4, -0.2) is 42.0 Å². The van der Waals surface area contributed by atoms with E-state index in [-0.39, 0.29) is 5.91 Å². The van der Waals surface area contributed by atoms with Crippen LogP contribution >= 0.6 is 11.3 Å². The van der Waals surface area contributed by atoms with Gasteiger partial charge < -0.3 is 9.80 Å². The van der Waals surface area contributed by atoms with Crippen molar-refractivity contribution in [2.45, 2.75) is 25.7 Å². The maximum Gasteiger partial charge on any atom is 0.242 e. The van der Waals surface area contributed by atoms with E-state index < -0.39 is 0 Å². The monoisotopic (exact) mass is 379 g/mol. The van der Waals surface area contributed by atoms with Crippen molar-refractivity contribution < 1.29 is 4.79 Å². The fraction of sp³-hybridized carbons (Fsp3) is 0.364. The van der Waals surface area contributed by atoms with Crippen LogP contribution in [0.1, 0.15) is 30.7 Å². The number of carbonyl (C=O) groups is 1. The first kappa shape index (κ1) is 18.0. The van der Waals surface area contributed by atoms with Gasteiger partial charge in [0, 0.05) is 31.2 Å². The number of para-hydroxylation sites is 2. The van der Waals surface area contributed by atoms with E-state index in [1.54, 1.807) is 11.3 Å². The Morgan fingerprint density at radius 2 is 1.81 bits per heavy atom. The SMILES string of the molecule is CCN(CC(=O)N1CCC(c2nc3ccccc3s2)CC1)c1ccccc1. The Hall–Kier alpha value is -2.40. The lowest BCUT2D eigenvalue weighted by Gasteiger charge is -2.33.